The molecule has 0 spiro atoms. The molecule has 1 unspecified atom stereocenters. The van der Waals surface area contributed by atoms with Gasteiger partial charge in [-0.2, -0.15) is 0 Å². The van der Waals surface area contributed by atoms with Crippen molar-refractivity contribution in [3.8, 4) is 0 Å². The van der Waals surface area contributed by atoms with Crippen LogP contribution >= 0.6 is 11.8 Å². The summed E-state index contributed by atoms with van der Waals surface area (Å²) in [5.74, 6) is 0.163. The number of ether oxygens (including phenoxy) is 1. The second-order valence-electron chi connectivity index (χ2n) is 6.08. The number of nitrogens with zero attached hydrogens (tertiary/aromatic N) is 3. The molecule has 1 aromatic heterocycles. The van der Waals surface area contributed by atoms with Crippen molar-refractivity contribution in [2.45, 2.75) is 30.0 Å². The number of carbonyl (C=O) groups excluding carboxylic acids is 2. The lowest BCUT2D eigenvalue weighted by molar-refractivity contribution is -0.134. The van der Waals surface area contributed by atoms with Gasteiger partial charge in [-0.1, -0.05) is 11.8 Å². The Morgan fingerprint density at radius 3 is 2.46 bits per heavy atom. The van der Waals surface area contributed by atoms with E-state index in [9.17, 15) is 9.59 Å². The number of morpholine rings is 1. The summed E-state index contributed by atoms with van der Waals surface area (Å²) in [4.78, 5) is 32.8. The van der Waals surface area contributed by atoms with Crippen LogP contribution in [0, 0.1) is 0 Å². The molecular weight excluding hydrogens is 326 g/mol. The summed E-state index contributed by atoms with van der Waals surface area (Å²) in [6.07, 6.45) is 3.78. The molecule has 0 bridgehead atoms. The third-order valence-corrected chi connectivity index (χ3v) is 5.38. The molecule has 3 heterocycles. The number of hydrogen-bond acceptors (Lipinski definition) is 5. The molecule has 2 saturated heterocycles. The lowest BCUT2D eigenvalue weighted by atomic mass is 10.2. The average molecular weight is 349 g/mol. The molecule has 2 fully saturated rings. The molecule has 2 aliphatic heterocycles. The Balaban J connectivity index is 1.57. The summed E-state index contributed by atoms with van der Waals surface area (Å²) >= 11 is 1.43. The van der Waals surface area contributed by atoms with Crippen LogP contribution in [0.5, 0.6) is 0 Å². The molecule has 7 heteroatoms. The highest BCUT2D eigenvalue weighted by molar-refractivity contribution is 8.00. The fourth-order valence-electron chi connectivity index (χ4n) is 2.95. The van der Waals surface area contributed by atoms with Crippen molar-refractivity contribution in [2.24, 2.45) is 0 Å². The Bertz CT molecular complexity index is 581. The number of pyridine rings is 1. The van der Waals surface area contributed by atoms with Gasteiger partial charge in [0.05, 0.1) is 29.1 Å². The highest BCUT2D eigenvalue weighted by Gasteiger charge is 2.24. The molecule has 6 nitrogen and oxygen atoms in total. The lowest BCUT2D eigenvalue weighted by Crippen LogP contribution is -2.44. The van der Waals surface area contributed by atoms with Gasteiger partial charge in [0, 0.05) is 32.4 Å². The highest BCUT2D eigenvalue weighted by atomic mass is 32.2. The molecule has 0 radical (unpaired) electrons. The molecule has 24 heavy (non-hydrogen) atoms. The van der Waals surface area contributed by atoms with Crippen LogP contribution in [0.25, 0.3) is 0 Å². The van der Waals surface area contributed by atoms with Crippen molar-refractivity contribution in [2.75, 3.05) is 39.4 Å². The third kappa shape index (κ3) is 4.08. The maximum Gasteiger partial charge on any atom is 0.255 e. The number of hydrogen-bond donors (Lipinski definition) is 0. The fourth-order valence-corrected chi connectivity index (χ4v) is 3.82. The van der Waals surface area contributed by atoms with E-state index >= 15 is 0 Å². The Labute approximate surface area is 146 Å². The minimum absolute atomic E-state index is 0.0500. The van der Waals surface area contributed by atoms with Crippen molar-refractivity contribution in [3.63, 3.8) is 0 Å². The van der Waals surface area contributed by atoms with Crippen LogP contribution in [0.2, 0.25) is 0 Å². The van der Waals surface area contributed by atoms with Crippen molar-refractivity contribution in [1.29, 1.82) is 0 Å². The number of likely N-dealkylation sites (tertiary alicyclic amines) is 1. The summed E-state index contributed by atoms with van der Waals surface area (Å²) < 4.78 is 5.28. The summed E-state index contributed by atoms with van der Waals surface area (Å²) in [7, 11) is 0. The van der Waals surface area contributed by atoms with E-state index in [1.807, 2.05) is 28.9 Å². The summed E-state index contributed by atoms with van der Waals surface area (Å²) in [5, 5.41) is 0.567. The molecule has 3 rings (SSSR count). The van der Waals surface area contributed by atoms with Crippen LogP contribution in [0.1, 0.15) is 30.1 Å². The van der Waals surface area contributed by atoms with Gasteiger partial charge in [-0.3, -0.25) is 9.59 Å². The number of thioether (sulfide) groups is 1. The second-order valence-corrected chi connectivity index (χ2v) is 7.44. The number of amides is 2. The average Bonchev–Trinajstić information content (AvgIpc) is 3.16. The predicted octanol–water partition coefficient (Wildman–Crippen LogP) is 1.66. The van der Waals surface area contributed by atoms with Gasteiger partial charge < -0.3 is 14.5 Å². The number of rotatable bonds is 4. The van der Waals surface area contributed by atoms with Crippen molar-refractivity contribution in [1.82, 2.24) is 14.8 Å². The van der Waals surface area contributed by atoms with Gasteiger partial charge in [0.1, 0.15) is 0 Å². The maximum atomic E-state index is 12.4. The van der Waals surface area contributed by atoms with Gasteiger partial charge in [-0.05, 0) is 31.9 Å². The molecule has 0 aromatic carbocycles. The number of carbonyl (C=O) groups is 2. The second kappa shape index (κ2) is 7.98. The summed E-state index contributed by atoms with van der Waals surface area (Å²) in [6.45, 7) is 6.08. The predicted molar refractivity (Wildman–Crippen MR) is 92.1 cm³/mol. The maximum absolute atomic E-state index is 12.4. The van der Waals surface area contributed by atoms with E-state index in [0.29, 0.717) is 31.9 Å². The van der Waals surface area contributed by atoms with E-state index in [-0.39, 0.29) is 17.1 Å². The molecular formula is C17H23N3O3S. The number of aromatic nitrogens is 1. The lowest BCUT2D eigenvalue weighted by Gasteiger charge is -2.28. The zero-order valence-electron chi connectivity index (χ0n) is 13.9. The zero-order valence-corrected chi connectivity index (χ0v) is 14.8. The van der Waals surface area contributed by atoms with Gasteiger partial charge in [-0.15, -0.1) is 0 Å². The van der Waals surface area contributed by atoms with Crippen molar-refractivity contribution < 1.29 is 14.3 Å². The van der Waals surface area contributed by atoms with Crippen LogP contribution in [0.3, 0.4) is 0 Å². The first kappa shape index (κ1) is 17.2. The van der Waals surface area contributed by atoms with Crippen LogP contribution in [0.15, 0.2) is 23.4 Å². The smallest absolute Gasteiger partial charge is 0.255 e. The quantitative estimate of drug-likeness (QED) is 0.774. The summed E-state index contributed by atoms with van der Waals surface area (Å²) in [6, 6.07) is 3.64. The highest BCUT2D eigenvalue weighted by Crippen LogP contribution is 2.23. The van der Waals surface area contributed by atoms with E-state index < -0.39 is 0 Å². The molecule has 1 atom stereocenters. The van der Waals surface area contributed by atoms with Crippen LogP contribution < -0.4 is 0 Å². The van der Waals surface area contributed by atoms with Gasteiger partial charge in [0.25, 0.3) is 5.91 Å². The minimum atomic E-state index is -0.198. The Kier molecular flexibility index (Phi) is 5.73. The molecule has 0 aliphatic carbocycles. The first-order valence-corrected chi connectivity index (χ1v) is 9.31. The van der Waals surface area contributed by atoms with Gasteiger partial charge >= 0.3 is 0 Å². The Hall–Kier alpha value is -1.60. The SMILES string of the molecule is CC(Sc1ccc(C(=O)N2CCCC2)cn1)C(=O)N1CCOCC1. The van der Waals surface area contributed by atoms with Gasteiger partial charge in [0.2, 0.25) is 5.91 Å². The van der Waals surface area contributed by atoms with Crippen LogP contribution in [0.4, 0.5) is 0 Å². The van der Waals surface area contributed by atoms with E-state index in [4.69, 9.17) is 4.74 Å². The zero-order chi connectivity index (χ0) is 16.9. The molecule has 1 aromatic rings. The standard InChI is InChI=1S/C17H23N3O3S/c1-13(16(21)20-8-10-23-11-9-20)24-15-5-4-14(12-18-15)17(22)19-6-2-3-7-19/h4-5,12-13H,2-3,6-11H2,1H3. The topological polar surface area (TPSA) is 62.7 Å². The van der Waals surface area contributed by atoms with Crippen molar-refractivity contribution >= 4 is 23.6 Å². The first-order valence-electron chi connectivity index (χ1n) is 8.43. The van der Waals surface area contributed by atoms with Crippen LogP contribution in [-0.4, -0.2) is 71.2 Å². The monoisotopic (exact) mass is 349 g/mol. The Morgan fingerprint density at radius 1 is 1.12 bits per heavy atom. The molecule has 2 amide bonds. The molecule has 2 aliphatic rings. The minimum Gasteiger partial charge on any atom is -0.378 e. The van der Waals surface area contributed by atoms with Crippen LogP contribution in [-0.2, 0) is 9.53 Å². The van der Waals surface area contributed by atoms with E-state index in [1.54, 1.807) is 6.20 Å². The third-order valence-electron chi connectivity index (χ3n) is 4.34. The Morgan fingerprint density at radius 2 is 1.83 bits per heavy atom. The molecule has 0 saturated carbocycles. The largest absolute Gasteiger partial charge is 0.378 e. The van der Waals surface area contributed by atoms with E-state index in [1.165, 1.54) is 11.8 Å². The molecule has 0 N–H and O–H groups in total. The van der Waals surface area contributed by atoms with E-state index in [0.717, 1.165) is 31.0 Å². The summed E-state index contributed by atoms with van der Waals surface area (Å²) in [5.41, 5.74) is 0.619. The van der Waals surface area contributed by atoms with Gasteiger partial charge in [-0.25, -0.2) is 4.98 Å². The first-order chi connectivity index (χ1) is 11.6. The van der Waals surface area contributed by atoms with Crippen molar-refractivity contribution in [3.05, 3.63) is 23.9 Å². The fraction of sp³-hybridized carbons (Fsp3) is 0.588. The molecule has 130 valence electrons. The van der Waals surface area contributed by atoms with Gasteiger partial charge in [0.15, 0.2) is 0 Å². The normalized spacial score (nSPS) is 19.4. The van der Waals surface area contributed by atoms with E-state index in [2.05, 4.69) is 4.98 Å².